The van der Waals surface area contributed by atoms with E-state index in [-0.39, 0.29) is 43.2 Å². The fourth-order valence-electron chi connectivity index (χ4n) is 2.75. The summed E-state index contributed by atoms with van der Waals surface area (Å²) in [5.74, 6) is -0.194. The van der Waals surface area contributed by atoms with Crippen LogP contribution in [0.4, 0.5) is 9.18 Å². The quantitative estimate of drug-likeness (QED) is 0.817. The molecule has 2 N–H and O–H groups in total. The van der Waals surface area contributed by atoms with Crippen LogP contribution in [0.5, 0.6) is 11.5 Å². The standard InChI is InChI=1S/C13H14FNO5/c14-8-6-9(11-10(7-8)19-4-5-20-11)13(18)2-1-3-15(13)12(16)17/h6-7,18H,1-5H2,(H,16,17). The van der Waals surface area contributed by atoms with Gasteiger partial charge in [0, 0.05) is 19.0 Å². The van der Waals surface area contributed by atoms with Crippen molar-refractivity contribution in [3.05, 3.63) is 23.5 Å². The first-order chi connectivity index (χ1) is 9.52. The monoisotopic (exact) mass is 283 g/mol. The average Bonchev–Trinajstić information content (AvgIpc) is 2.81. The van der Waals surface area contributed by atoms with E-state index in [1.807, 2.05) is 0 Å². The number of carboxylic acid groups (broad SMARTS) is 1. The van der Waals surface area contributed by atoms with Crippen LogP contribution in [0.3, 0.4) is 0 Å². The Bertz CT molecular complexity index is 564. The van der Waals surface area contributed by atoms with Gasteiger partial charge in [-0.15, -0.1) is 0 Å². The number of carbonyl (C=O) groups is 1. The van der Waals surface area contributed by atoms with Crippen LogP contribution in [0.2, 0.25) is 0 Å². The molecule has 0 bridgehead atoms. The summed E-state index contributed by atoms with van der Waals surface area (Å²) in [5, 5.41) is 19.9. The molecule has 1 amide bonds. The number of ether oxygens (including phenoxy) is 2. The lowest BCUT2D eigenvalue weighted by Gasteiger charge is -2.34. The fourth-order valence-corrected chi connectivity index (χ4v) is 2.75. The van der Waals surface area contributed by atoms with Crippen molar-refractivity contribution in [1.82, 2.24) is 4.90 Å². The maximum atomic E-state index is 13.7. The van der Waals surface area contributed by atoms with Gasteiger partial charge in [0.25, 0.3) is 0 Å². The van der Waals surface area contributed by atoms with E-state index in [9.17, 15) is 19.4 Å². The molecule has 6 nitrogen and oxygen atoms in total. The van der Waals surface area contributed by atoms with Crippen LogP contribution in [-0.2, 0) is 5.72 Å². The second-order valence-electron chi connectivity index (χ2n) is 4.83. The number of amides is 1. The molecule has 0 aromatic heterocycles. The van der Waals surface area contributed by atoms with E-state index in [2.05, 4.69) is 0 Å². The Hall–Kier alpha value is -2.02. The molecule has 1 aromatic rings. The van der Waals surface area contributed by atoms with Gasteiger partial charge in [-0.2, -0.15) is 0 Å². The molecule has 7 heteroatoms. The summed E-state index contributed by atoms with van der Waals surface area (Å²) in [7, 11) is 0. The zero-order valence-corrected chi connectivity index (χ0v) is 10.6. The molecule has 2 heterocycles. The topological polar surface area (TPSA) is 79.2 Å². The molecule has 1 fully saturated rings. The predicted octanol–water partition coefficient (Wildman–Crippen LogP) is 1.52. The molecule has 2 aliphatic heterocycles. The predicted molar refractivity (Wildman–Crippen MR) is 65.3 cm³/mol. The SMILES string of the molecule is O=C(O)N1CCCC1(O)c1cc(F)cc2c1OCCO2. The number of hydrogen-bond donors (Lipinski definition) is 2. The zero-order valence-electron chi connectivity index (χ0n) is 10.6. The van der Waals surface area contributed by atoms with Crippen molar-refractivity contribution in [3.63, 3.8) is 0 Å². The van der Waals surface area contributed by atoms with Crippen molar-refractivity contribution in [2.75, 3.05) is 19.8 Å². The van der Waals surface area contributed by atoms with Crippen LogP contribution in [0.1, 0.15) is 18.4 Å². The number of benzene rings is 1. The lowest BCUT2D eigenvalue weighted by Crippen LogP contribution is -2.44. The maximum Gasteiger partial charge on any atom is 0.409 e. The molecule has 0 spiro atoms. The van der Waals surface area contributed by atoms with E-state index in [0.717, 1.165) is 11.0 Å². The normalized spacial score (nSPS) is 24.8. The van der Waals surface area contributed by atoms with Gasteiger partial charge in [0.2, 0.25) is 0 Å². The number of halogens is 1. The molecule has 20 heavy (non-hydrogen) atoms. The van der Waals surface area contributed by atoms with E-state index >= 15 is 0 Å². The highest BCUT2D eigenvalue weighted by Gasteiger charge is 2.46. The lowest BCUT2D eigenvalue weighted by atomic mass is 9.98. The first kappa shape index (κ1) is 13.0. The fraction of sp³-hybridized carbons (Fsp3) is 0.462. The Balaban J connectivity index is 2.13. The van der Waals surface area contributed by atoms with Gasteiger partial charge in [-0.3, -0.25) is 4.90 Å². The maximum absolute atomic E-state index is 13.7. The van der Waals surface area contributed by atoms with Gasteiger partial charge in [0.15, 0.2) is 17.2 Å². The molecule has 108 valence electrons. The summed E-state index contributed by atoms with van der Waals surface area (Å²) in [4.78, 5) is 12.1. The number of rotatable bonds is 1. The largest absolute Gasteiger partial charge is 0.486 e. The number of aliphatic hydroxyl groups is 1. The zero-order chi connectivity index (χ0) is 14.3. The van der Waals surface area contributed by atoms with Crippen molar-refractivity contribution in [1.29, 1.82) is 0 Å². The smallest absolute Gasteiger partial charge is 0.409 e. The van der Waals surface area contributed by atoms with Crippen LogP contribution in [0.15, 0.2) is 12.1 Å². The second-order valence-corrected chi connectivity index (χ2v) is 4.83. The number of fused-ring (bicyclic) bond motifs is 1. The van der Waals surface area contributed by atoms with Gasteiger partial charge >= 0.3 is 6.09 Å². The Morgan fingerprint density at radius 1 is 1.35 bits per heavy atom. The Kier molecular flexibility index (Phi) is 2.93. The molecular formula is C13H14FNO5. The third-order valence-electron chi connectivity index (χ3n) is 3.62. The van der Waals surface area contributed by atoms with Crippen molar-refractivity contribution in [3.8, 4) is 11.5 Å². The van der Waals surface area contributed by atoms with E-state index in [4.69, 9.17) is 9.47 Å². The number of nitrogens with zero attached hydrogens (tertiary/aromatic N) is 1. The number of hydrogen-bond acceptors (Lipinski definition) is 4. The summed E-state index contributed by atoms with van der Waals surface area (Å²) in [6.07, 6.45) is -0.562. The lowest BCUT2D eigenvalue weighted by molar-refractivity contribution is -0.0742. The van der Waals surface area contributed by atoms with Gasteiger partial charge in [-0.1, -0.05) is 0 Å². The third kappa shape index (κ3) is 1.85. The summed E-state index contributed by atoms with van der Waals surface area (Å²) < 4.78 is 24.4. The van der Waals surface area contributed by atoms with Gasteiger partial charge in [-0.25, -0.2) is 9.18 Å². The van der Waals surface area contributed by atoms with Crippen LogP contribution >= 0.6 is 0 Å². The van der Waals surface area contributed by atoms with Gasteiger partial charge in [-0.05, 0) is 12.5 Å². The Morgan fingerprint density at radius 3 is 2.85 bits per heavy atom. The first-order valence-electron chi connectivity index (χ1n) is 6.35. The highest BCUT2D eigenvalue weighted by atomic mass is 19.1. The Morgan fingerprint density at radius 2 is 2.10 bits per heavy atom. The van der Waals surface area contributed by atoms with E-state index < -0.39 is 17.6 Å². The molecular weight excluding hydrogens is 269 g/mol. The summed E-state index contributed by atoms with van der Waals surface area (Å²) in [6, 6.07) is 2.27. The molecule has 1 atom stereocenters. The second kappa shape index (κ2) is 4.52. The van der Waals surface area contributed by atoms with Gasteiger partial charge < -0.3 is 19.7 Å². The summed E-state index contributed by atoms with van der Waals surface area (Å²) >= 11 is 0. The van der Waals surface area contributed by atoms with E-state index in [1.54, 1.807) is 0 Å². The minimum atomic E-state index is -1.78. The molecule has 1 saturated heterocycles. The van der Waals surface area contributed by atoms with E-state index in [1.165, 1.54) is 6.07 Å². The van der Waals surface area contributed by atoms with Crippen LogP contribution in [0.25, 0.3) is 0 Å². The molecule has 2 aliphatic rings. The van der Waals surface area contributed by atoms with Gasteiger partial charge in [0.1, 0.15) is 19.0 Å². The molecule has 1 aromatic carbocycles. The molecule has 0 radical (unpaired) electrons. The van der Waals surface area contributed by atoms with Gasteiger partial charge in [0.05, 0.1) is 5.56 Å². The molecule has 0 saturated carbocycles. The van der Waals surface area contributed by atoms with Crippen LogP contribution in [0, 0.1) is 5.82 Å². The first-order valence-corrected chi connectivity index (χ1v) is 6.35. The highest BCUT2D eigenvalue weighted by Crippen LogP contribution is 2.45. The molecule has 0 aliphatic carbocycles. The highest BCUT2D eigenvalue weighted by molar-refractivity contribution is 5.67. The minimum Gasteiger partial charge on any atom is -0.486 e. The average molecular weight is 283 g/mol. The molecule has 1 unspecified atom stereocenters. The number of likely N-dealkylation sites (tertiary alicyclic amines) is 1. The summed E-state index contributed by atoms with van der Waals surface area (Å²) in [6.45, 7) is 0.754. The summed E-state index contributed by atoms with van der Waals surface area (Å²) in [5.41, 5.74) is -1.68. The van der Waals surface area contributed by atoms with Crippen LogP contribution < -0.4 is 9.47 Å². The minimum absolute atomic E-state index is 0.104. The molecule has 3 rings (SSSR count). The van der Waals surface area contributed by atoms with Crippen molar-refractivity contribution in [2.45, 2.75) is 18.6 Å². The van der Waals surface area contributed by atoms with Crippen molar-refractivity contribution < 1.29 is 28.9 Å². The van der Waals surface area contributed by atoms with E-state index in [0.29, 0.717) is 6.42 Å². The van der Waals surface area contributed by atoms with Crippen LogP contribution in [-0.4, -0.2) is 41.0 Å². The Labute approximate surface area is 114 Å². The van der Waals surface area contributed by atoms with Crippen molar-refractivity contribution in [2.24, 2.45) is 0 Å². The third-order valence-corrected chi connectivity index (χ3v) is 3.62. The van der Waals surface area contributed by atoms with Crippen molar-refractivity contribution >= 4 is 6.09 Å².